The summed E-state index contributed by atoms with van der Waals surface area (Å²) in [6.07, 6.45) is 3.98. The first-order valence-electron chi connectivity index (χ1n) is 9.29. The highest BCUT2D eigenvalue weighted by molar-refractivity contribution is 7.13. The average Bonchev–Trinajstić information content (AvgIpc) is 3.47. The predicted molar refractivity (Wildman–Crippen MR) is 111 cm³/mol. The maximum Gasteiger partial charge on any atom is 0.273 e. The van der Waals surface area contributed by atoms with Gasteiger partial charge in [-0.05, 0) is 43.3 Å². The van der Waals surface area contributed by atoms with E-state index in [1.165, 1.54) is 16.2 Å². The van der Waals surface area contributed by atoms with Gasteiger partial charge in [-0.1, -0.05) is 6.07 Å². The smallest absolute Gasteiger partial charge is 0.273 e. The van der Waals surface area contributed by atoms with E-state index in [1.807, 2.05) is 34.0 Å². The first-order valence-corrected chi connectivity index (χ1v) is 11.0. The molecule has 8 heteroatoms. The zero-order valence-electron chi connectivity index (χ0n) is 15.4. The molecule has 28 heavy (non-hydrogen) atoms. The molecule has 1 aliphatic heterocycles. The maximum absolute atomic E-state index is 12.8. The number of amides is 1. The third-order valence-electron chi connectivity index (χ3n) is 5.06. The van der Waals surface area contributed by atoms with Gasteiger partial charge < -0.3 is 4.90 Å². The molecule has 5 heterocycles. The number of piperidine rings is 1. The van der Waals surface area contributed by atoms with Gasteiger partial charge >= 0.3 is 0 Å². The van der Waals surface area contributed by atoms with Crippen molar-refractivity contribution in [2.75, 3.05) is 13.1 Å². The Hall–Kier alpha value is -2.58. The fraction of sp³-hybridized carbons (Fsp3) is 0.300. The van der Waals surface area contributed by atoms with Gasteiger partial charge in [-0.2, -0.15) is 5.10 Å². The zero-order chi connectivity index (χ0) is 19.1. The molecule has 0 aromatic carbocycles. The Morgan fingerprint density at radius 1 is 1.21 bits per heavy atom. The van der Waals surface area contributed by atoms with Crippen molar-refractivity contribution in [2.45, 2.75) is 25.7 Å². The summed E-state index contributed by atoms with van der Waals surface area (Å²) in [6.45, 7) is 3.33. The first-order chi connectivity index (χ1) is 13.7. The molecule has 0 bridgehead atoms. The van der Waals surface area contributed by atoms with Gasteiger partial charge in [0.2, 0.25) is 0 Å². The van der Waals surface area contributed by atoms with Gasteiger partial charge in [0.1, 0.15) is 5.69 Å². The molecule has 0 radical (unpaired) electrons. The van der Waals surface area contributed by atoms with Crippen molar-refractivity contribution in [2.24, 2.45) is 0 Å². The van der Waals surface area contributed by atoms with Crippen molar-refractivity contribution in [3.8, 4) is 10.4 Å². The number of thiazole rings is 1. The summed E-state index contributed by atoms with van der Waals surface area (Å²) < 4.78 is 1.86. The van der Waals surface area contributed by atoms with E-state index >= 15 is 0 Å². The number of aromatic nitrogens is 4. The summed E-state index contributed by atoms with van der Waals surface area (Å²) in [6, 6.07) is 8.25. The summed E-state index contributed by atoms with van der Waals surface area (Å²) in [5.74, 6) is 0.982. The first kappa shape index (κ1) is 17.5. The van der Waals surface area contributed by atoms with E-state index in [2.05, 4.69) is 28.6 Å². The molecule has 0 N–H and O–H groups in total. The van der Waals surface area contributed by atoms with E-state index in [-0.39, 0.29) is 11.8 Å². The number of hydrogen-bond donors (Lipinski definition) is 0. The fourth-order valence-corrected chi connectivity index (χ4v) is 4.96. The molecule has 1 fully saturated rings. The number of pyridine rings is 1. The molecule has 1 amide bonds. The molecule has 1 atom stereocenters. The number of thiophene rings is 1. The molecule has 1 saturated heterocycles. The Kier molecular flexibility index (Phi) is 4.44. The Balaban J connectivity index is 1.39. The Labute approximate surface area is 170 Å². The molecule has 0 unspecified atom stereocenters. The monoisotopic (exact) mass is 409 g/mol. The number of carbonyl (C=O) groups excluding carboxylic acids is 1. The minimum absolute atomic E-state index is 0.0118. The lowest BCUT2D eigenvalue weighted by Gasteiger charge is -2.30. The van der Waals surface area contributed by atoms with E-state index in [4.69, 9.17) is 10.1 Å². The molecule has 0 spiro atoms. The maximum atomic E-state index is 12.8. The van der Waals surface area contributed by atoms with Gasteiger partial charge in [-0.25, -0.2) is 14.5 Å². The van der Waals surface area contributed by atoms with Crippen LogP contribution < -0.4 is 0 Å². The van der Waals surface area contributed by atoms with Crippen LogP contribution >= 0.6 is 22.7 Å². The number of aryl methyl sites for hydroxylation is 1. The summed E-state index contributed by atoms with van der Waals surface area (Å²) in [5, 5.41) is 9.57. The van der Waals surface area contributed by atoms with Crippen LogP contribution in [0.2, 0.25) is 0 Å². The van der Waals surface area contributed by atoms with Crippen molar-refractivity contribution in [1.29, 1.82) is 0 Å². The van der Waals surface area contributed by atoms with Crippen LogP contribution in [0.5, 0.6) is 0 Å². The van der Waals surface area contributed by atoms with Crippen LogP contribution in [-0.2, 0) is 0 Å². The highest BCUT2D eigenvalue weighted by atomic mass is 32.1. The van der Waals surface area contributed by atoms with Crippen molar-refractivity contribution in [1.82, 2.24) is 24.5 Å². The number of fused-ring (bicyclic) bond motifs is 1. The van der Waals surface area contributed by atoms with E-state index in [9.17, 15) is 4.79 Å². The molecule has 4 aromatic heterocycles. The molecule has 0 saturated carbocycles. The van der Waals surface area contributed by atoms with Gasteiger partial charge in [-0.3, -0.25) is 4.79 Å². The van der Waals surface area contributed by atoms with Crippen LogP contribution in [0.1, 0.15) is 40.1 Å². The molecular weight excluding hydrogens is 390 g/mol. The number of likely N-dealkylation sites (tertiary alicyclic amines) is 1. The van der Waals surface area contributed by atoms with E-state index in [1.54, 1.807) is 11.3 Å². The normalized spacial score (nSPS) is 17.3. The Morgan fingerprint density at radius 2 is 2.14 bits per heavy atom. The minimum Gasteiger partial charge on any atom is -0.337 e. The number of nitrogens with zero attached hydrogens (tertiary/aromatic N) is 5. The molecule has 5 rings (SSSR count). The second-order valence-corrected chi connectivity index (χ2v) is 9.02. The molecule has 142 valence electrons. The van der Waals surface area contributed by atoms with Crippen LogP contribution in [0.3, 0.4) is 0 Å². The van der Waals surface area contributed by atoms with Gasteiger partial charge in [0.25, 0.3) is 5.91 Å². The van der Waals surface area contributed by atoms with Crippen molar-refractivity contribution in [3.05, 3.63) is 57.7 Å². The predicted octanol–water partition coefficient (Wildman–Crippen LogP) is 4.24. The minimum atomic E-state index is 0.0118. The Morgan fingerprint density at radius 3 is 2.93 bits per heavy atom. The van der Waals surface area contributed by atoms with E-state index in [0.29, 0.717) is 12.2 Å². The van der Waals surface area contributed by atoms with Crippen LogP contribution in [0, 0.1) is 6.92 Å². The van der Waals surface area contributed by atoms with Crippen LogP contribution in [0.15, 0.2) is 41.2 Å². The third-order valence-corrected chi connectivity index (χ3v) is 6.76. The lowest BCUT2D eigenvalue weighted by molar-refractivity contribution is 0.0699. The lowest BCUT2D eigenvalue weighted by Crippen LogP contribution is -2.39. The molecule has 0 aliphatic carbocycles. The second-order valence-electron chi connectivity index (χ2n) is 7.01. The molecule has 4 aromatic rings. The highest BCUT2D eigenvalue weighted by Gasteiger charge is 2.29. The summed E-state index contributed by atoms with van der Waals surface area (Å²) in [5.41, 5.74) is 2.53. The summed E-state index contributed by atoms with van der Waals surface area (Å²) >= 11 is 3.22. The van der Waals surface area contributed by atoms with Gasteiger partial charge in [-0.15, -0.1) is 22.7 Å². The average molecular weight is 410 g/mol. The van der Waals surface area contributed by atoms with Crippen LogP contribution in [-0.4, -0.2) is 43.5 Å². The van der Waals surface area contributed by atoms with E-state index in [0.717, 1.165) is 41.4 Å². The summed E-state index contributed by atoms with van der Waals surface area (Å²) in [4.78, 5) is 25.0. The quantitative estimate of drug-likeness (QED) is 0.508. The van der Waals surface area contributed by atoms with Crippen molar-refractivity contribution in [3.63, 3.8) is 0 Å². The second kappa shape index (κ2) is 7.10. The number of carbonyl (C=O) groups is 1. The third kappa shape index (κ3) is 3.22. The van der Waals surface area contributed by atoms with Crippen molar-refractivity contribution >= 4 is 34.2 Å². The van der Waals surface area contributed by atoms with Crippen LogP contribution in [0.25, 0.3) is 16.1 Å². The fourth-order valence-electron chi connectivity index (χ4n) is 3.66. The number of hydrogen-bond acceptors (Lipinski definition) is 6. The van der Waals surface area contributed by atoms with Gasteiger partial charge in [0, 0.05) is 41.0 Å². The largest absolute Gasteiger partial charge is 0.337 e. The molecule has 1 aliphatic rings. The number of rotatable bonds is 3. The lowest BCUT2D eigenvalue weighted by atomic mass is 9.97. The highest BCUT2D eigenvalue weighted by Crippen LogP contribution is 2.28. The van der Waals surface area contributed by atoms with Gasteiger partial charge in [0.15, 0.2) is 11.5 Å². The Bertz CT molecular complexity index is 1130. The summed E-state index contributed by atoms with van der Waals surface area (Å²) in [7, 11) is 0. The standard InChI is InChI=1S/C20H19N5OS2/c1-13-21-16(12-28-13)20(26)24-8-2-4-15(10-24)19-22-18-7-6-14(11-25(18)23-19)17-5-3-9-27-17/h3,5-7,9,11-12,15H,2,4,8,10H2,1H3/t15-/m1/s1. The topological polar surface area (TPSA) is 63.4 Å². The molecule has 6 nitrogen and oxygen atoms in total. The van der Waals surface area contributed by atoms with Crippen LogP contribution in [0.4, 0.5) is 0 Å². The van der Waals surface area contributed by atoms with Gasteiger partial charge in [0.05, 0.1) is 5.01 Å². The van der Waals surface area contributed by atoms with E-state index < -0.39 is 0 Å². The zero-order valence-corrected chi connectivity index (χ0v) is 17.0. The molecular formula is C20H19N5OS2. The van der Waals surface area contributed by atoms with Crippen molar-refractivity contribution < 1.29 is 4.79 Å². The SMILES string of the molecule is Cc1nc(C(=O)N2CCC[C@@H](c3nc4ccc(-c5cccs5)cn4n3)C2)cs1.